The molecule has 1 amide bonds. The number of anilines is 1. The Morgan fingerprint density at radius 3 is 2.89 bits per heavy atom. The molecule has 6 nitrogen and oxygen atoms in total. The molecule has 1 atom stereocenters. The van der Waals surface area contributed by atoms with Gasteiger partial charge in [-0.15, -0.1) is 0 Å². The zero-order valence-corrected chi connectivity index (χ0v) is 17.2. The molecule has 1 saturated heterocycles. The standard InChI is InChI=1S/C22H32N4O2/c1-22(2)13-18(24-20(27)12-16-6-4-3-5-7-16)17-15-23-21(25-19(17)14-22)26-8-10-28-11-9-26/h6,15,18H,3-5,7-14H2,1-2H3,(H,24,27). The van der Waals surface area contributed by atoms with E-state index in [-0.39, 0.29) is 17.4 Å². The van der Waals surface area contributed by atoms with Crippen LogP contribution in [0.1, 0.15) is 69.7 Å². The molecule has 0 bridgehead atoms. The van der Waals surface area contributed by atoms with Crippen LogP contribution in [0.25, 0.3) is 0 Å². The van der Waals surface area contributed by atoms with Gasteiger partial charge in [0.1, 0.15) is 0 Å². The number of rotatable bonds is 4. The fraction of sp³-hybridized carbons (Fsp3) is 0.682. The van der Waals surface area contributed by atoms with Crippen molar-refractivity contribution in [2.45, 2.75) is 64.8 Å². The van der Waals surface area contributed by atoms with E-state index < -0.39 is 0 Å². The van der Waals surface area contributed by atoms with Crippen molar-refractivity contribution in [3.8, 4) is 0 Å². The van der Waals surface area contributed by atoms with Gasteiger partial charge in [-0.2, -0.15) is 0 Å². The maximum absolute atomic E-state index is 12.7. The lowest BCUT2D eigenvalue weighted by molar-refractivity contribution is -0.121. The Morgan fingerprint density at radius 2 is 2.14 bits per heavy atom. The van der Waals surface area contributed by atoms with E-state index in [4.69, 9.17) is 9.72 Å². The highest BCUT2D eigenvalue weighted by Crippen LogP contribution is 2.40. The first kappa shape index (κ1) is 19.4. The second-order valence-electron chi connectivity index (χ2n) is 9.12. The summed E-state index contributed by atoms with van der Waals surface area (Å²) in [6.07, 6.45) is 11.2. The van der Waals surface area contributed by atoms with Crippen LogP contribution in [0.15, 0.2) is 17.8 Å². The minimum atomic E-state index is -0.00539. The van der Waals surface area contributed by atoms with Gasteiger partial charge in [0.05, 0.1) is 24.9 Å². The monoisotopic (exact) mass is 384 g/mol. The third-order valence-corrected chi connectivity index (χ3v) is 6.07. The zero-order chi connectivity index (χ0) is 19.6. The molecule has 1 N–H and O–H groups in total. The first-order chi connectivity index (χ1) is 13.5. The molecule has 1 aromatic heterocycles. The van der Waals surface area contributed by atoms with Crippen LogP contribution in [0.5, 0.6) is 0 Å². The van der Waals surface area contributed by atoms with E-state index in [1.54, 1.807) is 0 Å². The van der Waals surface area contributed by atoms with Crippen molar-refractivity contribution in [1.29, 1.82) is 0 Å². The summed E-state index contributed by atoms with van der Waals surface area (Å²) in [7, 11) is 0. The molecule has 1 fully saturated rings. The van der Waals surface area contributed by atoms with Crippen molar-refractivity contribution in [1.82, 2.24) is 15.3 Å². The topological polar surface area (TPSA) is 67.3 Å². The molecule has 1 unspecified atom stereocenters. The highest BCUT2D eigenvalue weighted by atomic mass is 16.5. The average Bonchev–Trinajstić information content (AvgIpc) is 2.68. The fourth-order valence-corrected chi connectivity index (χ4v) is 4.60. The largest absolute Gasteiger partial charge is 0.378 e. The van der Waals surface area contributed by atoms with Gasteiger partial charge in [0.15, 0.2) is 0 Å². The van der Waals surface area contributed by atoms with Crippen LogP contribution in [0, 0.1) is 5.41 Å². The Morgan fingerprint density at radius 1 is 1.32 bits per heavy atom. The molecule has 6 heteroatoms. The van der Waals surface area contributed by atoms with Crippen LogP contribution in [-0.2, 0) is 16.0 Å². The van der Waals surface area contributed by atoms with Gasteiger partial charge >= 0.3 is 0 Å². The first-order valence-corrected chi connectivity index (χ1v) is 10.7. The summed E-state index contributed by atoms with van der Waals surface area (Å²) in [6.45, 7) is 7.63. The number of fused-ring (bicyclic) bond motifs is 1. The maximum atomic E-state index is 12.7. The number of morpholine rings is 1. The second kappa shape index (κ2) is 8.19. The summed E-state index contributed by atoms with van der Waals surface area (Å²) in [5.41, 5.74) is 3.56. The summed E-state index contributed by atoms with van der Waals surface area (Å²) in [5.74, 6) is 0.913. The molecule has 28 heavy (non-hydrogen) atoms. The van der Waals surface area contributed by atoms with Crippen molar-refractivity contribution in [3.63, 3.8) is 0 Å². The number of aromatic nitrogens is 2. The lowest BCUT2D eigenvalue weighted by atomic mass is 9.74. The second-order valence-corrected chi connectivity index (χ2v) is 9.12. The van der Waals surface area contributed by atoms with Crippen LogP contribution in [0.3, 0.4) is 0 Å². The third kappa shape index (κ3) is 4.54. The molecule has 3 aliphatic rings. The maximum Gasteiger partial charge on any atom is 0.225 e. The van der Waals surface area contributed by atoms with Gasteiger partial charge in [-0.25, -0.2) is 9.97 Å². The average molecular weight is 385 g/mol. The molecule has 0 saturated carbocycles. The van der Waals surface area contributed by atoms with Crippen molar-refractivity contribution in [3.05, 3.63) is 29.1 Å². The molecule has 0 spiro atoms. The molecule has 0 aromatic carbocycles. The molecular weight excluding hydrogens is 352 g/mol. The van der Waals surface area contributed by atoms with E-state index in [1.165, 1.54) is 18.4 Å². The van der Waals surface area contributed by atoms with Crippen molar-refractivity contribution in [2.75, 3.05) is 31.2 Å². The molecule has 1 aliphatic heterocycles. The molecule has 4 rings (SSSR count). The van der Waals surface area contributed by atoms with Crippen molar-refractivity contribution >= 4 is 11.9 Å². The predicted molar refractivity (Wildman–Crippen MR) is 109 cm³/mol. The molecule has 1 aromatic rings. The van der Waals surface area contributed by atoms with Gasteiger partial charge in [-0.1, -0.05) is 25.5 Å². The zero-order valence-electron chi connectivity index (χ0n) is 17.2. The highest BCUT2D eigenvalue weighted by Gasteiger charge is 2.35. The molecular formula is C22H32N4O2. The van der Waals surface area contributed by atoms with Crippen molar-refractivity contribution < 1.29 is 9.53 Å². The number of allylic oxidation sites excluding steroid dienone is 1. The smallest absolute Gasteiger partial charge is 0.225 e. The van der Waals surface area contributed by atoms with Crippen LogP contribution in [0.2, 0.25) is 0 Å². The van der Waals surface area contributed by atoms with Gasteiger partial charge in [0.2, 0.25) is 11.9 Å². The van der Waals surface area contributed by atoms with Crippen LogP contribution >= 0.6 is 0 Å². The van der Waals surface area contributed by atoms with Crippen LogP contribution in [-0.4, -0.2) is 42.2 Å². The Balaban J connectivity index is 1.50. The minimum Gasteiger partial charge on any atom is -0.378 e. The normalized spacial score (nSPS) is 24.3. The van der Waals surface area contributed by atoms with Gasteiger partial charge in [-0.05, 0) is 43.9 Å². The molecule has 2 heterocycles. The summed E-state index contributed by atoms with van der Waals surface area (Å²) in [5, 5.41) is 3.28. The van der Waals surface area contributed by atoms with E-state index in [9.17, 15) is 4.79 Å². The minimum absolute atomic E-state index is 0.00539. The van der Waals surface area contributed by atoms with Gasteiger partial charge in [-0.3, -0.25) is 4.79 Å². The Kier molecular flexibility index (Phi) is 5.67. The molecule has 152 valence electrons. The number of nitrogens with one attached hydrogen (secondary N) is 1. The van der Waals surface area contributed by atoms with Crippen molar-refractivity contribution in [2.24, 2.45) is 5.41 Å². The summed E-state index contributed by atoms with van der Waals surface area (Å²) in [4.78, 5) is 24.4. The van der Waals surface area contributed by atoms with Gasteiger partial charge < -0.3 is 15.0 Å². The number of amides is 1. The predicted octanol–water partition coefficient (Wildman–Crippen LogP) is 3.33. The summed E-state index contributed by atoms with van der Waals surface area (Å²) in [6, 6.07) is -0.00539. The number of carbonyl (C=O) groups is 1. The van der Waals surface area contributed by atoms with E-state index in [0.717, 1.165) is 69.2 Å². The Bertz CT molecular complexity index is 753. The first-order valence-electron chi connectivity index (χ1n) is 10.7. The van der Waals surface area contributed by atoms with Crippen LogP contribution in [0.4, 0.5) is 5.95 Å². The number of hydrogen-bond donors (Lipinski definition) is 1. The SMILES string of the molecule is CC1(C)Cc2nc(N3CCOCC3)ncc2C(NC(=O)CC2=CCCCC2)C1. The van der Waals surface area contributed by atoms with Gasteiger partial charge in [0, 0.05) is 31.3 Å². The molecule has 0 radical (unpaired) electrons. The highest BCUT2D eigenvalue weighted by molar-refractivity contribution is 5.79. The lowest BCUT2D eigenvalue weighted by Crippen LogP contribution is -2.39. The number of carbonyl (C=O) groups excluding carboxylic acids is 1. The summed E-state index contributed by atoms with van der Waals surface area (Å²) >= 11 is 0. The Hall–Kier alpha value is -1.95. The number of nitrogens with zero attached hydrogens (tertiary/aromatic N) is 3. The van der Waals surface area contributed by atoms with E-state index in [2.05, 4.69) is 35.1 Å². The van der Waals surface area contributed by atoms with E-state index in [1.807, 2.05) is 6.20 Å². The quantitative estimate of drug-likeness (QED) is 0.807. The summed E-state index contributed by atoms with van der Waals surface area (Å²) < 4.78 is 5.44. The fourth-order valence-electron chi connectivity index (χ4n) is 4.60. The lowest BCUT2D eigenvalue weighted by Gasteiger charge is -2.37. The van der Waals surface area contributed by atoms with Crippen LogP contribution < -0.4 is 10.2 Å². The molecule has 2 aliphatic carbocycles. The third-order valence-electron chi connectivity index (χ3n) is 6.07. The number of ether oxygens (including phenoxy) is 1. The number of hydrogen-bond acceptors (Lipinski definition) is 5. The Labute approximate surface area is 167 Å². The van der Waals surface area contributed by atoms with E-state index in [0.29, 0.717) is 6.42 Å². The van der Waals surface area contributed by atoms with E-state index >= 15 is 0 Å². The van der Waals surface area contributed by atoms with Gasteiger partial charge in [0.25, 0.3) is 0 Å².